The van der Waals surface area contributed by atoms with Crippen molar-refractivity contribution in [2.45, 2.75) is 12.5 Å². The van der Waals surface area contributed by atoms with E-state index < -0.39 is 6.10 Å². The van der Waals surface area contributed by atoms with E-state index in [-0.39, 0.29) is 25.0 Å². The molecule has 6 heteroatoms. The molecule has 0 bridgehead atoms. The van der Waals surface area contributed by atoms with Gasteiger partial charge >= 0.3 is 0 Å². The maximum atomic E-state index is 12.7. The predicted molar refractivity (Wildman–Crippen MR) is 85.4 cm³/mol. The van der Waals surface area contributed by atoms with Crippen LogP contribution in [0.4, 0.5) is 0 Å². The van der Waals surface area contributed by atoms with Gasteiger partial charge in [-0.1, -0.05) is 12.1 Å². The van der Waals surface area contributed by atoms with Gasteiger partial charge in [0.2, 0.25) is 0 Å². The summed E-state index contributed by atoms with van der Waals surface area (Å²) in [6.45, 7) is 0.643. The monoisotopic (exact) mass is 316 g/mol. The number of nitrogens with zero attached hydrogens (tertiary/aromatic N) is 2. The molecule has 122 valence electrons. The van der Waals surface area contributed by atoms with Crippen LogP contribution in [0, 0.1) is 5.92 Å². The van der Waals surface area contributed by atoms with Crippen LogP contribution in [-0.4, -0.2) is 58.9 Å². The summed E-state index contributed by atoms with van der Waals surface area (Å²) in [7, 11) is 1.56. The van der Waals surface area contributed by atoms with Gasteiger partial charge in [0.05, 0.1) is 18.7 Å². The summed E-state index contributed by atoms with van der Waals surface area (Å²) in [4.78, 5) is 18.7. The van der Waals surface area contributed by atoms with Gasteiger partial charge < -0.3 is 19.8 Å². The van der Waals surface area contributed by atoms with Crippen LogP contribution in [-0.2, 0) is 0 Å². The Hall–Kier alpha value is -2.18. The third-order valence-electron chi connectivity index (χ3n) is 4.36. The summed E-state index contributed by atoms with van der Waals surface area (Å²) in [6.07, 6.45) is -0.131. The number of para-hydroxylation sites is 1. The number of aliphatic hydroxyl groups excluding tert-OH is 2. The zero-order valence-corrected chi connectivity index (χ0v) is 13.0. The molecule has 1 aliphatic rings. The molecule has 0 unspecified atom stereocenters. The van der Waals surface area contributed by atoms with Gasteiger partial charge in [-0.15, -0.1) is 0 Å². The van der Waals surface area contributed by atoms with E-state index in [4.69, 9.17) is 4.74 Å². The molecular weight excluding hydrogens is 296 g/mol. The lowest BCUT2D eigenvalue weighted by Gasteiger charge is -2.34. The number of fused-ring (bicyclic) bond motifs is 1. The van der Waals surface area contributed by atoms with Gasteiger partial charge in [0.25, 0.3) is 5.91 Å². The number of aromatic nitrogens is 1. The maximum Gasteiger partial charge on any atom is 0.272 e. The highest BCUT2D eigenvalue weighted by Crippen LogP contribution is 2.26. The molecule has 6 nitrogen and oxygen atoms in total. The Bertz CT molecular complexity index is 719. The van der Waals surface area contributed by atoms with Crippen molar-refractivity contribution in [3.05, 3.63) is 36.0 Å². The zero-order chi connectivity index (χ0) is 16.4. The van der Waals surface area contributed by atoms with Crippen LogP contribution in [0.2, 0.25) is 0 Å². The molecular formula is C17H20N2O4. The number of hydrogen-bond donors (Lipinski definition) is 2. The van der Waals surface area contributed by atoms with Gasteiger partial charge in [-0.2, -0.15) is 0 Å². The summed E-state index contributed by atoms with van der Waals surface area (Å²) < 4.78 is 5.37. The van der Waals surface area contributed by atoms with E-state index in [1.54, 1.807) is 18.1 Å². The minimum absolute atomic E-state index is 0.0642. The molecule has 0 aliphatic carbocycles. The van der Waals surface area contributed by atoms with Gasteiger partial charge in [-0.3, -0.25) is 4.79 Å². The lowest BCUT2D eigenvalue weighted by molar-refractivity contribution is 0.000667. The Balaban J connectivity index is 1.89. The van der Waals surface area contributed by atoms with E-state index in [0.717, 1.165) is 5.39 Å². The number of pyridine rings is 1. The number of benzene rings is 1. The number of ether oxygens (including phenoxy) is 1. The number of methoxy groups -OCH3 is 1. The zero-order valence-electron chi connectivity index (χ0n) is 13.0. The van der Waals surface area contributed by atoms with Crippen molar-refractivity contribution in [2.75, 3.05) is 26.8 Å². The van der Waals surface area contributed by atoms with Gasteiger partial charge in [0.1, 0.15) is 11.4 Å². The van der Waals surface area contributed by atoms with E-state index in [1.165, 1.54) is 0 Å². The van der Waals surface area contributed by atoms with Gasteiger partial charge in [-0.25, -0.2) is 4.98 Å². The summed E-state index contributed by atoms with van der Waals surface area (Å²) in [5.74, 6) is 0.201. The standard InChI is InChI=1S/C17H20N2O4/c1-23-16-8-14(18-13-5-3-2-4-12(13)16)17(22)19-7-6-11(10-20)15(21)9-19/h2-5,8,11,15,20-21H,6-7,9-10H2,1H3/t11-,15+/m1/s1. The lowest BCUT2D eigenvalue weighted by atomic mass is 9.94. The third kappa shape index (κ3) is 3.00. The van der Waals surface area contributed by atoms with E-state index in [1.807, 2.05) is 24.3 Å². The number of hydrogen-bond acceptors (Lipinski definition) is 5. The number of carbonyl (C=O) groups excluding carboxylic acids is 1. The first-order chi connectivity index (χ1) is 11.1. The Morgan fingerprint density at radius 2 is 2.22 bits per heavy atom. The normalized spacial score (nSPS) is 21.4. The summed E-state index contributed by atoms with van der Waals surface area (Å²) in [6, 6.07) is 9.12. The van der Waals surface area contributed by atoms with Crippen molar-refractivity contribution >= 4 is 16.8 Å². The second-order valence-electron chi connectivity index (χ2n) is 5.78. The van der Waals surface area contributed by atoms with Crippen LogP contribution in [0.3, 0.4) is 0 Å². The number of β-amino-alcohol motifs (C(OH)–C–C–N with tert-alkyl or cyclic N) is 1. The fourth-order valence-electron chi connectivity index (χ4n) is 2.96. The Labute approximate surface area is 134 Å². The van der Waals surface area contributed by atoms with Crippen molar-refractivity contribution in [1.29, 1.82) is 0 Å². The number of piperidine rings is 1. The molecule has 2 aromatic rings. The lowest BCUT2D eigenvalue weighted by Crippen LogP contribution is -2.47. The molecule has 1 saturated heterocycles. The number of amides is 1. The van der Waals surface area contributed by atoms with Crippen molar-refractivity contribution in [3.8, 4) is 5.75 Å². The average Bonchev–Trinajstić information content (AvgIpc) is 2.60. The minimum atomic E-state index is -0.708. The quantitative estimate of drug-likeness (QED) is 0.885. The number of aliphatic hydroxyl groups is 2. The molecule has 0 saturated carbocycles. The highest BCUT2D eigenvalue weighted by molar-refractivity contribution is 5.97. The first kappa shape index (κ1) is 15.7. The van der Waals surface area contributed by atoms with Gasteiger partial charge in [0.15, 0.2) is 0 Å². The Morgan fingerprint density at radius 3 is 2.91 bits per heavy atom. The van der Waals surface area contributed by atoms with Crippen molar-refractivity contribution in [2.24, 2.45) is 5.92 Å². The minimum Gasteiger partial charge on any atom is -0.496 e. The number of carbonyl (C=O) groups is 1. The largest absolute Gasteiger partial charge is 0.496 e. The molecule has 2 heterocycles. The summed E-state index contributed by atoms with van der Waals surface area (Å²) >= 11 is 0. The van der Waals surface area contributed by atoms with E-state index in [0.29, 0.717) is 29.9 Å². The second kappa shape index (κ2) is 6.52. The molecule has 0 spiro atoms. The van der Waals surface area contributed by atoms with Crippen LogP contribution in [0.25, 0.3) is 10.9 Å². The molecule has 1 aromatic carbocycles. The second-order valence-corrected chi connectivity index (χ2v) is 5.78. The summed E-state index contributed by atoms with van der Waals surface area (Å²) in [5, 5.41) is 20.1. The maximum absolute atomic E-state index is 12.7. The topological polar surface area (TPSA) is 82.9 Å². The van der Waals surface area contributed by atoms with Crippen LogP contribution in [0.15, 0.2) is 30.3 Å². The molecule has 2 N–H and O–H groups in total. The molecule has 1 amide bonds. The fraction of sp³-hybridized carbons (Fsp3) is 0.412. The van der Waals surface area contributed by atoms with Crippen LogP contribution in [0.5, 0.6) is 5.75 Å². The highest BCUT2D eigenvalue weighted by atomic mass is 16.5. The molecule has 3 rings (SSSR count). The SMILES string of the molecule is COc1cc(C(=O)N2CC[C@H](CO)[C@@H](O)C2)nc2ccccc12. The fourth-order valence-corrected chi connectivity index (χ4v) is 2.96. The first-order valence-corrected chi connectivity index (χ1v) is 7.66. The van der Waals surface area contributed by atoms with Crippen molar-refractivity contribution < 1.29 is 19.7 Å². The third-order valence-corrected chi connectivity index (χ3v) is 4.36. The average molecular weight is 316 g/mol. The van der Waals surface area contributed by atoms with Gasteiger partial charge in [-0.05, 0) is 18.6 Å². The van der Waals surface area contributed by atoms with Crippen LogP contribution in [0.1, 0.15) is 16.9 Å². The van der Waals surface area contributed by atoms with Crippen molar-refractivity contribution in [1.82, 2.24) is 9.88 Å². The molecule has 1 aliphatic heterocycles. The Morgan fingerprint density at radius 1 is 1.43 bits per heavy atom. The van der Waals surface area contributed by atoms with Gasteiger partial charge in [0, 0.05) is 37.1 Å². The Kier molecular flexibility index (Phi) is 4.45. The van der Waals surface area contributed by atoms with Crippen molar-refractivity contribution in [3.63, 3.8) is 0 Å². The van der Waals surface area contributed by atoms with Crippen LogP contribution < -0.4 is 4.74 Å². The van der Waals surface area contributed by atoms with Crippen LogP contribution >= 0.6 is 0 Å². The smallest absolute Gasteiger partial charge is 0.272 e. The number of rotatable bonds is 3. The molecule has 1 fully saturated rings. The molecule has 0 radical (unpaired) electrons. The predicted octanol–water partition coefficient (Wildman–Crippen LogP) is 1.06. The molecule has 23 heavy (non-hydrogen) atoms. The van der Waals surface area contributed by atoms with E-state index in [9.17, 15) is 15.0 Å². The molecule has 1 aromatic heterocycles. The number of likely N-dealkylation sites (tertiary alicyclic amines) is 1. The summed E-state index contributed by atoms with van der Waals surface area (Å²) in [5.41, 5.74) is 0.996. The van der Waals surface area contributed by atoms with E-state index >= 15 is 0 Å². The molecule has 2 atom stereocenters. The highest BCUT2D eigenvalue weighted by Gasteiger charge is 2.30. The first-order valence-electron chi connectivity index (χ1n) is 7.66. The van der Waals surface area contributed by atoms with E-state index in [2.05, 4.69) is 4.98 Å².